The van der Waals surface area contributed by atoms with Crippen molar-refractivity contribution in [2.45, 2.75) is 27.3 Å². The number of fused-ring (bicyclic) bond motifs is 1. The summed E-state index contributed by atoms with van der Waals surface area (Å²) in [7, 11) is 0. The van der Waals surface area contributed by atoms with Gasteiger partial charge in [-0.1, -0.05) is 26.8 Å². The molecule has 1 aromatic rings. The predicted molar refractivity (Wildman–Crippen MR) is 61.3 cm³/mol. The summed E-state index contributed by atoms with van der Waals surface area (Å²) < 4.78 is 10.5. The second kappa shape index (κ2) is 6.30. The molecule has 0 amide bonds. The molecule has 0 aromatic heterocycles. The van der Waals surface area contributed by atoms with Crippen LogP contribution < -0.4 is 14.8 Å². The van der Waals surface area contributed by atoms with Gasteiger partial charge in [-0.3, -0.25) is 0 Å². The van der Waals surface area contributed by atoms with E-state index in [1.54, 1.807) is 0 Å². The van der Waals surface area contributed by atoms with Gasteiger partial charge < -0.3 is 14.8 Å². The fourth-order valence-corrected chi connectivity index (χ4v) is 1.32. The summed E-state index contributed by atoms with van der Waals surface area (Å²) in [6.07, 6.45) is 0. The smallest absolute Gasteiger partial charge is 0.231 e. The molecule has 0 aliphatic carbocycles. The van der Waals surface area contributed by atoms with Crippen LogP contribution >= 0.6 is 0 Å². The molecule has 0 fully saturated rings. The molecule has 1 aliphatic heterocycles. The Morgan fingerprint density at radius 3 is 2.67 bits per heavy atom. The van der Waals surface area contributed by atoms with Crippen molar-refractivity contribution in [3.8, 4) is 11.5 Å². The van der Waals surface area contributed by atoms with E-state index in [0.717, 1.165) is 24.6 Å². The molecule has 0 saturated heterocycles. The van der Waals surface area contributed by atoms with Crippen molar-refractivity contribution in [2.24, 2.45) is 0 Å². The molecular weight excluding hydrogens is 190 g/mol. The highest BCUT2D eigenvalue weighted by Crippen LogP contribution is 2.32. The summed E-state index contributed by atoms with van der Waals surface area (Å²) in [6.45, 7) is 8.30. The number of rotatable bonds is 3. The first-order chi connectivity index (χ1) is 7.40. The van der Waals surface area contributed by atoms with Gasteiger partial charge in [0.2, 0.25) is 6.79 Å². The van der Waals surface area contributed by atoms with Crippen molar-refractivity contribution >= 4 is 0 Å². The van der Waals surface area contributed by atoms with Crippen LogP contribution in [0.4, 0.5) is 0 Å². The van der Waals surface area contributed by atoms with E-state index in [-0.39, 0.29) is 0 Å². The molecule has 1 aliphatic rings. The van der Waals surface area contributed by atoms with Gasteiger partial charge in [0.15, 0.2) is 11.5 Å². The molecule has 1 N–H and O–H groups in total. The van der Waals surface area contributed by atoms with Crippen LogP contribution in [-0.2, 0) is 6.54 Å². The average molecular weight is 209 g/mol. The maximum Gasteiger partial charge on any atom is 0.231 e. The highest BCUT2D eigenvalue weighted by molar-refractivity contribution is 5.44. The van der Waals surface area contributed by atoms with Gasteiger partial charge in [0.05, 0.1) is 0 Å². The summed E-state index contributed by atoms with van der Waals surface area (Å²) in [4.78, 5) is 0. The van der Waals surface area contributed by atoms with Gasteiger partial charge in [0.25, 0.3) is 0 Å². The molecular formula is C12H19NO2. The quantitative estimate of drug-likeness (QED) is 0.830. The minimum Gasteiger partial charge on any atom is -0.454 e. The van der Waals surface area contributed by atoms with E-state index in [0.29, 0.717) is 6.79 Å². The van der Waals surface area contributed by atoms with Gasteiger partial charge in [-0.15, -0.1) is 0 Å². The van der Waals surface area contributed by atoms with Gasteiger partial charge in [-0.2, -0.15) is 0 Å². The predicted octanol–water partition coefficient (Wildman–Crippen LogP) is 2.55. The van der Waals surface area contributed by atoms with Crippen LogP contribution in [0.1, 0.15) is 26.3 Å². The molecule has 1 heterocycles. The topological polar surface area (TPSA) is 30.5 Å². The number of hydrogen-bond donors (Lipinski definition) is 1. The van der Waals surface area contributed by atoms with Crippen molar-refractivity contribution in [2.75, 3.05) is 13.3 Å². The zero-order chi connectivity index (χ0) is 11.1. The summed E-state index contributed by atoms with van der Waals surface area (Å²) in [5, 5.41) is 3.26. The van der Waals surface area contributed by atoms with Crippen LogP contribution in [0.15, 0.2) is 18.2 Å². The third kappa shape index (κ3) is 3.13. The monoisotopic (exact) mass is 209 g/mol. The summed E-state index contributed by atoms with van der Waals surface area (Å²) in [6, 6.07) is 6.02. The van der Waals surface area contributed by atoms with Crippen LogP contribution in [-0.4, -0.2) is 13.3 Å². The Kier molecular flexibility index (Phi) is 4.98. The molecule has 2 rings (SSSR count). The zero-order valence-electron chi connectivity index (χ0n) is 9.67. The number of hydrogen-bond acceptors (Lipinski definition) is 3. The van der Waals surface area contributed by atoms with Crippen LogP contribution in [0.25, 0.3) is 0 Å². The first kappa shape index (κ1) is 11.9. The Bertz CT molecular complexity index is 300. The van der Waals surface area contributed by atoms with Crippen molar-refractivity contribution in [1.82, 2.24) is 5.32 Å². The van der Waals surface area contributed by atoms with E-state index in [4.69, 9.17) is 9.47 Å². The standard InChI is InChI=1S/C10H13NO2.C2H6/c1-2-11-6-8-3-4-9-10(5-8)13-7-12-9;1-2/h3-5,11H,2,6-7H2,1H3;1-2H3. The Morgan fingerprint density at radius 2 is 1.93 bits per heavy atom. The fraction of sp³-hybridized carbons (Fsp3) is 0.500. The van der Waals surface area contributed by atoms with E-state index < -0.39 is 0 Å². The van der Waals surface area contributed by atoms with Crippen LogP contribution in [0.3, 0.4) is 0 Å². The van der Waals surface area contributed by atoms with E-state index in [1.807, 2.05) is 26.0 Å². The molecule has 0 radical (unpaired) electrons. The summed E-state index contributed by atoms with van der Waals surface area (Å²) in [5.41, 5.74) is 1.23. The molecule has 15 heavy (non-hydrogen) atoms. The molecule has 3 nitrogen and oxygen atoms in total. The summed E-state index contributed by atoms with van der Waals surface area (Å²) >= 11 is 0. The van der Waals surface area contributed by atoms with Crippen LogP contribution in [0, 0.1) is 0 Å². The number of benzene rings is 1. The van der Waals surface area contributed by atoms with Gasteiger partial charge in [-0.05, 0) is 24.2 Å². The Hall–Kier alpha value is -1.22. The lowest BCUT2D eigenvalue weighted by molar-refractivity contribution is 0.174. The lowest BCUT2D eigenvalue weighted by atomic mass is 10.2. The van der Waals surface area contributed by atoms with Crippen LogP contribution in [0.5, 0.6) is 11.5 Å². The van der Waals surface area contributed by atoms with Crippen molar-refractivity contribution in [1.29, 1.82) is 0 Å². The Labute approximate surface area is 91.4 Å². The minimum atomic E-state index is 0.347. The second-order valence-electron chi connectivity index (χ2n) is 2.97. The lowest BCUT2D eigenvalue weighted by Crippen LogP contribution is -2.11. The molecule has 0 atom stereocenters. The van der Waals surface area contributed by atoms with Gasteiger partial charge >= 0.3 is 0 Å². The molecule has 0 saturated carbocycles. The highest BCUT2D eigenvalue weighted by Gasteiger charge is 2.12. The zero-order valence-corrected chi connectivity index (χ0v) is 9.67. The van der Waals surface area contributed by atoms with Gasteiger partial charge in [0, 0.05) is 6.54 Å². The minimum absolute atomic E-state index is 0.347. The first-order valence-electron chi connectivity index (χ1n) is 5.49. The molecule has 0 bridgehead atoms. The first-order valence-corrected chi connectivity index (χ1v) is 5.49. The maximum absolute atomic E-state index is 5.27. The Morgan fingerprint density at radius 1 is 1.20 bits per heavy atom. The lowest BCUT2D eigenvalue weighted by Gasteiger charge is -2.02. The van der Waals surface area contributed by atoms with Crippen LogP contribution in [0.2, 0.25) is 0 Å². The van der Waals surface area contributed by atoms with E-state index in [2.05, 4.69) is 18.3 Å². The molecule has 0 spiro atoms. The Balaban J connectivity index is 0.000000531. The van der Waals surface area contributed by atoms with Gasteiger partial charge in [0.1, 0.15) is 0 Å². The third-order valence-corrected chi connectivity index (χ3v) is 2.02. The van der Waals surface area contributed by atoms with Crippen molar-refractivity contribution in [3.63, 3.8) is 0 Å². The summed E-state index contributed by atoms with van der Waals surface area (Å²) in [5.74, 6) is 1.70. The number of nitrogens with one attached hydrogen (secondary N) is 1. The molecule has 1 aromatic carbocycles. The van der Waals surface area contributed by atoms with Gasteiger partial charge in [-0.25, -0.2) is 0 Å². The highest BCUT2D eigenvalue weighted by atomic mass is 16.7. The van der Waals surface area contributed by atoms with E-state index in [1.165, 1.54) is 5.56 Å². The molecule has 0 unspecified atom stereocenters. The van der Waals surface area contributed by atoms with E-state index in [9.17, 15) is 0 Å². The SMILES string of the molecule is CC.CCNCc1ccc2c(c1)OCO2. The van der Waals surface area contributed by atoms with Crippen molar-refractivity contribution in [3.05, 3.63) is 23.8 Å². The van der Waals surface area contributed by atoms with Crippen molar-refractivity contribution < 1.29 is 9.47 Å². The average Bonchev–Trinajstić information content (AvgIpc) is 2.76. The second-order valence-corrected chi connectivity index (χ2v) is 2.97. The molecule has 84 valence electrons. The largest absolute Gasteiger partial charge is 0.454 e. The maximum atomic E-state index is 5.27. The number of ether oxygens (including phenoxy) is 2. The molecule has 3 heteroatoms. The normalized spacial score (nSPS) is 11.9. The third-order valence-electron chi connectivity index (χ3n) is 2.02. The fourth-order valence-electron chi connectivity index (χ4n) is 1.32. The van der Waals surface area contributed by atoms with E-state index >= 15 is 0 Å².